The van der Waals surface area contributed by atoms with Crippen LogP contribution in [0.15, 0.2) is 95.7 Å². The Morgan fingerprint density at radius 3 is 2.21 bits per heavy atom. The number of oxime groups is 1. The van der Waals surface area contributed by atoms with E-state index in [-0.39, 0.29) is 104 Å². The molecule has 8 fully saturated rings. The fourth-order valence-corrected chi connectivity index (χ4v) is 16.7. The molecule has 7 aliphatic carbocycles. The fraction of sp³-hybridized carbons (Fsp3) is 0.577. The van der Waals surface area contributed by atoms with Crippen molar-refractivity contribution < 1.29 is 92.4 Å². The van der Waals surface area contributed by atoms with E-state index in [0.29, 0.717) is 36.1 Å². The molecule has 2 bridgehead atoms. The number of hydrogen-bond acceptors (Lipinski definition) is 21. The molecule has 1 unspecified atom stereocenters. The zero-order chi connectivity index (χ0) is 69.5. The van der Waals surface area contributed by atoms with Crippen LogP contribution in [0.5, 0.6) is 5.75 Å². The number of aliphatic carboxylic acids is 1. The highest BCUT2D eigenvalue weighted by molar-refractivity contribution is 6.01. The van der Waals surface area contributed by atoms with Crippen LogP contribution in [0.25, 0.3) is 0 Å². The first kappa shape index (κ1) is 70.7. The molecule has 9 aliphatic rings. The van der Waals surface area contributed by atoms with Crippen molar-refractivity contribution in [3.8, 4) is 5.75 Å². The van der Waals surface area contributed by atoms with Crippen LogP contribution >= 0.6 is 0 Å². The molecule has 26 heteroatoms. The molecule has 14 atom stereocenters. The Bertz CT molecular complexity index is 3560. The Morgan fingerprint density at radius 1 is 0.845 bits per heavy atom. The number of fused-ring (bicyclic) bond motifs is 7. The molecule has 10 N–H and O–H groups in total. The minimum absolute atomic E-state index is 0.00725. The highest BCUT2D eigenvalue weighted by Gasteiger charge is 2.76. The number of hydrogen-bond donors (Lipinski definition) is 9. The van der Waals surface area contributed by atoms with Gasteiger partial charge in [0, 0.05) is 74.0 Å². The molecule has 12 rings (SSSR count). The largest absolute Gasteiger partial charge is 0.480 e. The number of carbonyl (C=O) groups excluding carboxylic acids is 6. The van der Waals surface area contributed by atoms with Gasteiger partial charge in [-0.1, -0.05) is 99.1 Å². The van der Waals surface area contributed by atoms with E-state index in [1.165, 1.54) is 47.7 Å². The van der Waals surface area contributed by atoms with Crippen molar-refractivity contribution in [3.05, 3.63) is 118 Å². The normalized spacial score (nSPS) is 32.3. The second-order valence-corrected chi connectivity index (χ2v) is 28.9. The predicted molar refractivity (Wildman–Crippen MR) is 349 cm³/mol. The number of Topliss-reactive ketones (excluding diaryl/α,β-unsaturated/α-hetero) is 1. The van der Waals surface area contributed by atoms with Gasteiger partial charge in [0.1, 0.15) is 36.7 Å². The summed E-state index contributed by atoms with van der Waals surface area (Å²) in [6, 6.07) is 18.8. The van der Waals surface area contributed by atoms with E-state index < -0.39 is 115 Å². The number of amides is 4. The number of benzene rings is 3. The van der Waals surface area contributed by atoms with Crippen LogP contribution in [0.2, 0.25) is 0 Å². The number of anilines is 1. The zero-order valence-electron chi connectivity index (χ0n) is 55.9. The molecule has 0 aromatic heterocycles. The van der Waals surface area contributed by atoms with E-state index in [2.05, 4.69) is 40.2 Å². The van der Waals surface area contributed by atoms with Crippen LogP contribution in [-0.4, -0.2) is 196 Å². The number of allylic oxidation sites excluding steroid dienone is 4. The third kappa shape index (κ3) is 14.6. The van der Waals surface area contributed by atoms with Crippen molar-refractivity contribution in [1.29, 1.82) is 0 Å². The maximum absolute atomic E-state index is 15.2. The van der Waals surface area contributed by atoms with E-state index in [1.807, 2.05) is 39.0 Å². The second-order valence-electron chi connectivity index (χ2n) is 28.9. The van der Waals surface area contributed by atoms with Crippen LogP contribution in [0.4, 0.5) is 15.3 Å². The number of ether oxygens (including phenoxy) is 6. The second kappa shape index (κ2) is 28.3. The lowest BCUT2D eigenvalue weighted by atomic mass is 9.38. The van der Waals surface area contributed by atoms with Crippen LogP contribution in [-0.2, 0) is 71.9 Å². The quantitative estimate of drug-likeness (QED) is 0.0386. The van der Waals surface area contributed by atoms with Crippen molar-refractivity contribution in [2.75, 3.05) is 58.9 Å². The molecule has 2 aliphatic heterocycles. The summed E-state index contributed by atoms with van der Waals surface area (Å²) >= 11 is 0. The van der Waals surface area contributed by atoms with E-state index in [1.54, 1.807) is 43.3 Å². The van der Waals surface area contributed by atoms with Gasteiger partial charge in [0.05, 0.1) is 30.2 Å². The van der Waals surface area contributed by atoms with Crippen molar-refractivity contribution in [3.63, 3.8) is 0 Å². The summed E-state index contributed by atoms with van der Waals surface area (Å²) in [6.45, 7) is 7.49. The molecule has 2 heterocycles. The summed E-state index contributed by atoms with van der Waals surface area (Å²) < 4.78 is 36.6. The molecular weight excluding hydrogens is 1250 g/mol. The van der Waals surface area contributed by atoms with Crippen LogP contribution < -0.4 is 26.4 Å². The van der Waals surface area contributed by atoms with Crippen LogP contribution in [0.3, 0.4) is 0 Å². The number of nitrogens with zero attached hydrogens (tertiary/aromatic N) is 3. The number of aliphatic hydroxyl groups is 4. The minimum atomic E-state index is -1.68. The Hall–Kier alpha value is -7.66. The van der Waals surface area contributed by atoms with Gasteiger partial charge in [-0.15, -0.1) is 0 Å². The van der Waals surface area contributed by atoms with Gasteiger partial charge >= 0.3 is 18.2 Å². The first-order chi connectivity index (χ1) is 46.0. The smallest absolute Gasteiger partial charge is 0.409 e. The topological polar surface area (TPSA) is 366 Å². The van der Waals surface area contributed by atoms with Crippen LogP contribution in [0.1, 0.15) is 120 Å². The maximum Gasteiger partial charge on any atom is 0.409 e. The highest BCUT2D eigenvalue weighted by Crippen LogP contribution is 2.71. The van der Waals surface area contributed by atoms with Gasteiger partial charge < -0.3 is 90.3 Å². The molecule has 524 valence electrons. The highest BCUT2D eigenvalue weighted by atomic mass is 16.7. The molecule has 97 heavy (non-hydrogen) atoms. The molecule has 3 aromatic rings. The number of ketones is 2. The van der Waals surface area contributed by atoms with Gasteiger partial charge in [0.2, 0.25) is 18.0 Å². The Kier molecular flexibility index (Phi) is 20.6. The molecule has 0 radical (unpaired) electrons. The first-order valence-corrected chi connectivity index (χ1v) is 33.4. The summed E-state index contributed by atoms with van der Waals surface area (Å²) in [5.74, 6) is -3.09. The average molecular weight is 1350 g/mol. The standard InChI is InChI=1S/C71H91N7O19/c1-39(2)74-51(62(87)88)26-41-8-13-44(14-9-41)40(3)76-94-35-58(84)73-23-21-57(83)75-50-27-43(12-19-54(50)95-64-61(86)60(85)53(81)33-91-64)32-92-65(89)77(6)24-25-78(7)66(90)93-34-55(82)71-56(96-63(97-71)45-15-10-42(11-16-45)30-69-36-70(72,37-69)38-69)29-49-48-18-17-46-28-47(79)20-22-67(46,4)59(48)52(80)31-68(49,71)5/h8-16,19-20,22,27-28,39,48-49,51-53,56,59-61,63-64,74,80-81,85-86H,17-18,21,23-26,29-38,72H2,1-7H3,(H,73,84)(H,75,83)(H,87,88)/b76-40-/t48-,49-,51?,52-,53+,56+,59+,60-,61+,63+,64-,67-,68-,69?,70?,71+/m0/s1. The van der Waals surface area contributed by atoms with Crippen LogP contribution in [0, 0.1) is 34.0 Å². The molecular formula is C71H91N7O19. The van der Waals surface area contributed by atoms with Gasteiger partial charge in [-0.05, 0) is 129 Å². The van der Waals surface area contributed by atoms with Crippen molar-refractivity contribution in [2.45, 2.75) is 172 Å². The van der Waals surface area contributed by atoms with Gasteiger partial charge in [0.25, 0.3) is 5.91 Å². The summed E-state index contributed by atoms with van der Waals surface area (Å²) in [5, 5.41) is 65.3. The SMILES string of the molecule is C/C(=N/OCC(=O)NCCC(=O)Nc1cc(COC(=O)N(C)CCN(C)C(=O)OCC(=O)[C@@]23O[C@H](c4ccc(CC56CC(N)(C5)C6)cc4)O[C@@H]2C[C@H]2[C@@H]4CCC5=CC(=O)C=C[C@]5(C)[C@H]4[C@@H](O)C[C@@]23C)ccc1O[C@@H]1OC[C@@H](O)[C@H](O)[C@H]1O)c1ccc(CC(NC(C)C)C(=O)O)cc1. The summed E-state index contributed by atoms with van der Waals surface area (Å²) in [5.41, 5.74) is 8.79. The first-order valence-electron chi connectivity index (χ1n) is 33.4. The average Bonchev–Trinajstić information content (AvgIpc) is 1.61. The number of likely N-dealkylation sites (N-methyl/N-ethyl adjacent to an activating group) is 2. The third-order valence-corrected chi connectivity index (χ3v) is 21.5. The molecule has 6 saturated carbocycles. The number of carboxylic acid groups (broad SMARTS) is 1. The van der Waals surface area contributed by atoms with Crippen molar-refractivity contribution >= 4 is 52.9 Å². The number of carbonyl (C=O) groups is 7. The van der Waals surface area contributed by atoms with E-state index >= 15 is 4.79 Å². The summed E-state index contributed by atoms with van der Waals surface area (Å²) in [7, 11) is 2.93. The Morgan fingerprint density at radius 2 is 1.53 bits per heavy atom. The lowest BCUT2D eigenvalue weighted by Crippen LogP contribution is -2.72. The minimum Gasteiger partial charge on any atom is -0.480 e. The summed E-state index contributed by atoms with van der Waals surface area (Å²) in [4.78, 5) is 101. The number of aliphatic hydroxyl groups excluding tert-OH is 4. The van der Waals surface area contributed by atoms with Gasteiger partial charge in [-0.25, -0.2) is 9.59 Å². The Labute approximate surface area is 563 Å². The van der Waals surface area contributed by atoms with E-state index in [4.69, 9.17) is 39.0 Å². The number of nitrogens with two attached hydrogens (primary N) is 1. The van der Waals surface area contributed by atoms with E-state index in [0.717, 1.165) is 42.4 Å². The molecule has 3 aromatic carbocycles. The number of nitrogens with one attached hydrogen (secondary N) is 3. The van der Waals surface area contributed by atoms with Crippen molar-refractivity contribution in [2.24, 2.45) is 44.9 Å². The lowest BCUT2D eigenvalue weighted by Gasteiger charge is -2.69. The summed E-state index contributed by atoms with van der Waals surface area (Å²) in [6.07, 6.45) is 1.03. The monoisotopic (exact) mass is 1350 g/mol. The fourth-order valence-electron chi connectivity index (χ4n) is 16.7. The zero-order valence-corrected chi connectivity index (χ0v) is 55.9. The molecule has 2 saturated heterocycles. The predicted octanol–water partition coefficient (Wildman–Crippen LogP) is 4.76. The number of rotatable bonds is 26. The lowest BCUT2D eigenvalue weighted by molar-refractivity contribution is -0.241. The molecule has 26 nitrogen and oxygen atoms in total. The Balaban J connectivity index is 0.677. The van der Waals surface area contributed by atoms with Gasteiger partial charge in [-0.2, -0.15) is 0 Å². The number of carboxylic acids is 1. The van der Waals surface area contributed by atoms with Gasteiger partial charge in [0.15, 0.2) is 30.9 Å². The third-order valence-electron chi connectivity index (χ3n) is 21.5. The molecule has 4 amide bonds. The van der Waals surface area contributed by atoms with E-state index in [9.17, 15) is 54.3 Å². The molecule has 0 spiro atoms. The van der Waals surface area contributed by atoms with Gasteiger partial charge in [-0.3, -0.25) is 24.0 Å². The van der Waals surface area contributed by atoms with Crippen molar-refractivity contribution in [1.82, 2.24) is 20.4 Å². The maximum atomic E-state index is 15.2.